The molecule has 2 aromatic carbocycles. The zero-order chi connectivity index (χ0) is 16.9. The number of rotatable bonds is 6. The molecular formula is C19H19NO4. The highest BCUT2D eigenvalue weighted by Gasteiger charge is 2.21. The summed E-state index contributed by atoms with van der Waals surface area (Å²) < 4.78 is 16.5. The van der Waals surface area contributed by atoms with Gasteiger partial charge in [0.15, 0.2) is 5.76 Å². The minimum atomic E-state index is -0.328. The number of hydrogen-bond donors (Lipinski definition) is 1. The number of nitrogens with one attached hydrogen (secondary N) is 1. The van der Waals surface area contributed by atoms with Crippen LogP contribution in [0.15, 0.2) is 52.9 Å². The van der Waals surface area contributed by atoms with Crippen molar-refractivity contribution in [3.8, 4) is 5.75 Å². The van der Waals surface area contributed by atoms with Gasteiger partial charge in [0.1, 0.15) is 11.3 Å². The fourth-order valence-electron chi connectivity index (χ4n) is 2.56. The molecule has 0 unspecified atom stereocenters. The predicted octanol–water partition coefficient (Wildman–Crippen LogP) is 4.23. The van der Waals surface area contributed by atoms with Crippen molar-refractivity contribution in [2.75, 3.05) is 19.0 Å². The topological polar surface area (TPSA) is 60.7 Å². The molecule has 3 rings (SSSR count). The number of hydrogen-bond acceptors (Lipinski definition) is 4. The summed E-state index contributed by atoms with van der Waals surface area (Å²) in [6.07, 6.45) is 0. The number of benzene rings is 2. The number of carbonyl (C=O) groups is 1. The maximum Gasteiger partial charge on any atom is 0.291 e. The Labute approximate surface area is 140 Å². The van der Waals surface area contributed by atoms with Crippen LogP contribution in [0.1, 0.15) is 23.0 Å². The molecule has 0 spiro atoms. The number of ether oxygens (including phenoxy) is 2. The normalized spacial score (nSPS) is 10.8. The molecule has 0 fully saturated rings. The standard InChI is InChI=1S/C19H19NO4/c1-3-23-12-14-13-8-4-6-10-16(13)24-18(14)19(21)20-15-9-5-7-11-17(15)22-2/h4-11H,3,12H2,1-2H3,(H,20,21). The second-order valence-electron chi connectivity index (χ2n) is 5.20. The van der Waals surface area contributed by atoms with Crippen LogP contribution in [0.5, 0.6) is 5.75 Å². The van der Waals surface area contributed by atoms with E-state index in [1.165, 1.54) is 0 Å². The minimum Gasteiger partial charge on any atom is -0.495 e. The molecule has 0 aliphatic rings. The van der Waals surface area contributed by atoms with E-state index in [-0.39, 0.29) is 11.7 Å². The van der Waals surface area contributed by atoms with Crippen molar-refractivity contribution in [3.05, 3.63) is 59.9 Å². The number of methoxy groups -OCH3 is 1. The molecule has 124 valence electrons. The minimum absolute atomic E-state index is 0.260. The van der Waals surface area contributed by atoms with Crippen molar-refractivity contribution in [2.24, 2.45) is 0 Å². The van der Waals surface area contributed by atoms with Gasteiger partial charge in [-0.15, -0.1) is 0 Å². The van der Waals surface area contributed by atoms with Gasteiger partial charge in [0, 0.05) is 17.6 Å². The molecule has 24 heavy (non-hydrogen) atoms. The Kier molecular flexibility index (Phi) is 4.82. The fraction of sp³-hybridized carbons (Fsp3) is 0.211. The average Bonchev–Trinajstić information content (AvgIpc) is 2.99. The first-order chi connectivity index (χ1) is 11.7. The molecular weight excluding hydrogens is 306 g/mol. The van der Waals surface area contributed by atoms with Gasteiger partial charge in [0.25, 0.3) is 5.91 Å². The largest absolute Gasteiger partial charge is 0.495 e. The van der Waals surface area contributed by atoms with Crippen molar-refractivity contribution in [1.29, 1.82) is 0 Å². The molecule has 0 bridgehead atoms. The summed E-state index contributed by atoms with van der Waals surface area (Å²) in [6.45, 7) is 2.80. The molecule has 0 aliphatic carbocycles. The van der Waals surface area contributed by atoms with Gasteiger partial charge < -0.3 is 19.2 Å². The number of anilines is 1. The Balaban J connectivity index is 1.97. The van der Waals surface area contributed by atoms with Crippen LogP contribution in [0.25, 0.3) is 11.0 Å². The molecule has 0 atom stereocenters. The van der Waals surface area contributed by atoms with E-state index in [1.54, 1.807) is 19.2 Å². The predicted molar refractivity (Wildman–Crippen MR) is 92.5 cm³/mol. The third-order valence-electron chi connectivity index (χ3n) is 3.71. The number of carbonyl (C=O) groups excluding carboxylic acids is 1. The highest BCUT2D eigenvalue weighted by molar-refractivity contribution is 6.07. The van der Waals surface area contributed by atoms with Crippen LogP contribution in [0.3, 0.4) is 0 Å². The van der Waals surface area contributed by atoms with E-state index < -0.39 is 0 Å². The average molecular weight is 325 g/mol. The summed E-state index contributed by atoms with van der Waals surface area (Å²) in [7, 11) is 1.56. The van der Waals surface area contributed by atoms with Crippen molar-refractivity contribution in [2.45, 2.75) is 13.5 Å². The van der Waals surface area contributed by atoms with Gasteiger partial charge in [-0.1, -0.05) is 30.3 Å². The molecule has 1 aromatic heterocycles. The van der Waals surface area contributed by atoms with Gasteiger partial charge in [0.2, 0.25) is 0 Å². The highest BCUT2D eigenvalue weighted by atomic mass is 16.5. The van der Waals surface area contributed by atoms with Crippen LogP contribution in [0.4, 0.5) is 5.69 Å². The number of fused-ring (bicyclic) bond motifs is 1. The summed E-state index contributed by atoms with van der Waals surface area (Å²) in [5, 5.41) is 3.73. The van der Waals surface area contributed by atoms with E-state index >= 15 is 0 Å². The maximum absolute atomic E-state index is 12.7. The van der Waals surface area contributed by atoms with Gasteiger partial charge >= 0.3 is 0 Å². The van der Waals surface area contributed by atoms with E-state index in [9.17, 15) is 4.79 Å². The third-order valence-corrected chi connectivity index (χ3v) is 3.71. The lowest BCUT2D eigenvalue weighted by atomic mass is 10.1. The summed E-state index contributed by atoms with van der Waals surface area (Å²) >= 11 is 0. The molecule has 5 nitrogen and oxygen atoms in total. The van der Waals surface area contributed by atoms with E-state index in [4.69, 9.17) is 13.9 Å². The lowest BCUT2D eigenvalue weighted by molar-refractivity contribution is 0.0984. The molecule has 0 aliphatic heterocycles. The number of para-hydroxylation sites is 3. The van der Waals surface area contributed by atoms with Crippen LogP contribution in [-0.4, -0.2) is 19.6 Å². The van der Waals surface area contributed by atoms with Crippen LogP contribution < -0.4 is 10.1 Å². The van der Waals surface area contributed by atoms with Gasteiger partial charge in [0.05, 0.1) is 19.4 Å². The quantitative estimate of drug-likeness (QED) is 0.737. The monoisotopic (exact) mass is 325 g/mol. The molecule has 1 N–H and O–H groups in total. The maximum atomic E-state index is 12.7. The fourth-order valence-corrected chi connectivity index (χ4v) is 2.56. The Morgan fingerprint density at radius 2 is 1.88 bits per heavy atom. The van der Waals surface area contributed by atoms with Crippen LogP contribution in [0.2, 0.25) is 0 Å². The van der Waals surface area contributed by atoms with Gasteiger partial charge in [-0.2, -0.15) is 0 Å². The first kappa shape index (κ1) is 16.1. The summed E-state index contributed by atoms with van der Waals surface area (Å²) in [6, 6.07) is 14.8. The van der Waals surface area contributed by atoms with E-state index in [0.29, 0.717) is 30.2 Å². The SMILES string of the molecule is CCOCc1c(C(=O)Nc2ccccc2OC)oc2ccccc12. The van der Waals surface area contributed by atoms with Gasteiger partial charge in [-0.05, 0) is 25.1 Å². The smallest absolute Gasteiger partial charge is 0.291 e. The first-order valence-corrected chi connectivity index (χ1v) is 7.77. The second-order valence-corrected chi connectivity index (χ2v) is 5.20. The molecule has 0 radical (unpaired) electrons. The van der Waals surface area contributed by atoms with Crippen molar-refractivity contribution >= 4 is 22.6 Å². The Morgan fingerprint density at radius 1 is 1.12 bits per heavy atom. The second kappa shape index (κ2) is 7.19. The third kappa shape index (κ3) is 3.12. The Morgan fingerprint density at radius 3 is 2.67 bits per heavy atom. The van der Waals surface area contributed by atoms with Crippen molar-refractivity contribution < 1.29 is 18.7 Å². The molecule has 0 saturated carbocycles. The van der Waals surface area contributed by atoms with E-state index in [2.05, 4.69) is 5.32 Å². The summed E-state index contributed by atoms with van der Waals surface area (Å²) in [5.74, 6) is 0.522. The van der Waals surface area contributed by atoms with Crippen LogP contribution >= 0.6 is 0 Å². The molecule has 5 heteroatoms. The van der Waals surface area contributed by atoms with Crippen LogP contribution in [0, 0.1) is 0 Å². The Hall–Kier alpha value is -2.79. The van der Waals surface area contributed by atoms with E-state index in [1.807, 2.05) is 43.3 Å². The molecule has 1 amide bonds. The molecule has 0 saturated heterocycles. The van der Waals surface area contributed by atoms with Crippen molar-refractivity contribution in [3.63, 3.8) is 0 Å². The number of furan rings is 1. The lowest BCUT2D eigenvalue weighted by Crippen LogP contribution is -2.14. The zero-order valence-corrected chi connectivity index (χ0v) is 13.7. The molecule has 1 heterocycles. The Bertz CT molecular complexity index is 853. The van der Waals surface area contributed by atoms with Gasteiger partial charge in [-0.25, -0.2) is 0 Å². The highest BCUT2D eigenvalue weighted by Crippen LogP contribution is 2.29. The summed E-state index contributed by atoms with van der Waals surface area (Å²) in [4.78, 5) is 12.7. The van der Waals surface area contributed by atoms with E-state index in [0.717, 1.165) is 10.9 Å². The number of amides is 1. The van der Waals surface area contributed by atoms with Crippen LogP contribution in [-0.2, 0) is 11.3 Å². The first-order valence-electron chi connectivity index (χ1n) is 7.77. The van der Waals surface area contributed by atoms with Gasteiger partial charge in [-0.3, -0.25) is 4.79 Å². The molecule has 3 aromatic rings. The lowest BCUT2D eigenvalue weighted by Gasteiger charge is -2.09. The van der Waals surface area contributed by atoms with Crippen molar-refractivity contribution in [1.82, 2.24) is 0 Å². The summed E-state index contributed by atoms with van der Waals surface area (Å²) in [5.41, 5.74) is 2.00. The zero-order valence-electron chi connectivity index (χ0n) is 13.7.